The molecule has 0 saturated carbocycles. The summed E-state index contributed by atoms with van der Waals surface area (Å²) in [5, 5.41) is 8.63. The van der Waals surface area contributed by atoms with E-state index in [0.29, 0.717) is 0 Å². The smallest absolute Gasteiger partial charge is 0.0384 e. The second-order valence-corrected chi connectivity index (χ2v) is 6.76. The Balaban J connectivity index is 1.56. The number of hydrogen-bond donors (Lipinski definition) is 1. The quantitative estimate of drug-likeness (QED) is 0.336. The van der Waals surface area contributed by atoms with Gasteiger partial charge in [0.25, 0.3) is 0 Å². The first-order chi connectivity index (χ1) is 13.4. The van der Waals surface area contributed by atoms with Gasteiger partial charge >= 0.3 is 0 Å². The lowest BCUT2D eigenvalue weighted by atomic mass is 9.95. The summed E-state index contributed by atoms with van der Waals surface area (Å²) in [7, 11) is 0. The fourth-order valence-corrected chi connectivity index (χ4v) is 3.71. The average Bonchev–Trinajstić information content (AvgIpc) is 2.74. The number of fused-ring (bicyclic) bond motifs is 3. The molecular formula is C26H19N. The number of hydrogen-bond acceptors (Lipinski definition) is 1. The van der Waals surface area contributed by atoms with Gasteiger partial charge in [-0.15, -0.1) is 0 Å². The lowest BCUT2D eigenvalue weighted by Crippen LogP contribution is -1.89. The highest BCUT2D eigenvalue weighted by atomic mass is 14.9. The fourth-order valence-electron chi connectivity index (χ4n) is 3.71. The predicted molar refractivity (Wildman–Crippen MR) is 117 cm³/mol. The maximum absolute atomic E-state index is 3.44. The zero-order valence-corrected chi connectivity index (χ0v) is 14.9. The minimum absolute atomic E-state index is 1.09. The van der Waals surface area contributed by atoms with Crippen molar-refractivity contribution >= 4 is 32.9 Å². The minimum Gasteiger partial charge on any atom is -0.356 e. The molecule has 0 aliphatic rings. The molecule has 1 nitrogen and oxygen atoms in total. The largest absolute Gasteiger partial charge is 0.356 e. The Morgan fingerprint density at radius 2 is 1.11 bits per heavy atom. The molecule has 1 N–H and O–H groups in total. The van der Waals surface area contributed by atoms with Crippen LogP contribution in [0.15, 0.2) is 109 Å². The lowest BCUT2D eigenvalue weighted by molar-refractivity contribution is 1.55. The van der Waals surface area contributed by atoms with Gasteiger partial charge in [0.2, 0.25) is 0 Å². The van der Waals surface area contributed by atoms with Gasteiger partial charge in [0.15, 0.2) is 0 Å². The Morgan fingerprint density at radius 1 is 0.407 bits per heavy atom. The molecule has 5 rings (SSSR count). The van der Waals surface area contributed by atoms with Crippen molar-refractivity contribution in [1.29, 1.82) is 0 Å². The van der Waals surface area contributed by atoms with Crippen LogP contribution in [0, 0.1) is 0 Å². The van der Waals surface area contributed by atoms with Crippen LogP contribution < -0.4 is 5.32 Å². The molecule has 5 aromatic rings. The summed E-state index contributed by atoms with van der Waals surface area (Å²) in [5.74, 6) is 0. The van der Waals surface area contributed by atoms with Crippen LogP contribution in [0.4, 0.5) is 11.4 Å². The molecule has 0 unspecified atom stereocenters. The highest BCUT2D eigenvalue weighted by Crippen LogP contribution is 2.33. The number of benzene rings is 5. The SMILES string of the molecule is c1ccc(Nc2ccc(-c3cccc4c3ccc3ccccc34)cc2)cc1. The molecule has 5 aromatic carbocycles. The van der Waals surface area contributed by atoms with E-state index in [0.717, 1.165) is 11.4 Å². The molecule has 0 heterocycles. The molecule has 0 aliphatic heterocycles. The van der Waals surface area contributed by atoms with E-state index < -0.39 is 0 Å². The maximum Gasteiger partial charge on any atom is 0.0384 e. The van der Waals surface area contributed by atoms with Crippen molar-refractivity contribution in [2.45, 2.75) is 0 Å². The van der Waals surface area contributed by atoms with Gasteiger partial charge in [0.05, 0.1) is 0 Å². The zero-order chi connectivity index (χ0) is 18.1. The van der Waals surface area contributed by atoms with Gasteiger partial charge in [-0.05, 0) is 56.9 Å². The summed E-state index contributed by atoms with van der Waals surface area (Å²) in [6.45, 7) is 0. The molecule has 0 spiro atoms. The third-order valence-electron chi connectivity index (χ3n) is 5.05. The molecule has 128 valence electrons. The first-order valence-electron chi connectivity index (χ1n) is 9.21. The van der Waals surface area contributed by atoms with E-state index >= 15 is 0 Å². The summed E-state index contributed by atoms with van der Waals surface area (Å²) < 4.78 is 0. The Bertz CT molecular complexity index is 1220. The van der Waals surface area contributed by atoms with Crippen LogP contribution in [-0.4, -0.2) is 0 Å². The summed E-state index contributed by atoms with van der Waals surface area (Å²) in [6, 6.07) is 38.5. The van der Waals surface area contributed by atoms with E-state index in [1.165, 1.54) is 32.7 Å². The van der Waals surface area contributed by atoms with Crippen molar-refractivity contribution in [3.63, 3.8) is 0 Å². The van der Waals surface area contributed by atoms with Gasteiger partial charge < -0.3 is 5.32 Å². The van der Waals surface area contributed by atoms with Gasteiger partial charge in [-0.3, -0.25) is 0 Å². The van der Waals surface area contributed by atoms with Crippen molar-refractivity contribution in [1.82, 2.24) is 0 Å². The van der Waals surface area contributed by atoms with Gasteiger partial charge in [0, 0.05) is 11.4 Å². The van der Waals surface area contributed by atoms with Crippen LogP contribution in [0.5, 0.6) is 0 Å². The van der Waals surface area contributed by atoms with Crippen molar-refractivity contribution in [3.05, 3.63) is 109 Å². The Hall–Kier alpha value is -3.58. The molecule has 0 saturated heterocycles. The molecule has 0 amide bonds. The van der Waals surface area contributed by atoms with Crippen molar-refractivity contribution in [2.75, 3.05) is 5.32 Å². The lowest BCUT2D eigenvalue weighted by Gasteiger charge is -2.11. The Morgan fingerprint density at radius 3 is 1.96 bits per heavy atom. The highest BCUT2D eigenvalue weighted by molar-refractivity contribution is 6.12. The van der Waals surface area contributed by atoms with Crippen molar-refractivity contribution in [3.8, 4) is 11.1 Å². The molecule has 0 aromatic heterocycles. The Kier molecular flexibility index (Phi) is 3.84. The van der Waals surface area contributed by atoms with E-state index in [1.54, 1.807) is 0 Å². The van der Waals surface area contributed by atoms with Crippen LogP contribution in [0.3, 0.4) is 0 Å². The van der Waals surface area contributed by atoms with E-state index in [1.807, 2.05) is 18.2 Å². The molecular weight excluding hydrogens is 326 g/mol. The van der Waals surface area contributed by atoms with Gasteiger partial charge in [-0.2, -0.15) is 0 Å². The average molecular weight is 345 g/mol. The molecule has 1 heteroatoms. The molecule has 0 atom stereocenters. The Labute approximate surface area is 158 Å². The molecule has 0 radical (unpaired) electrons. The summed E-state index contributed by atoms with van der Waals surface area (Å²) in [6.07, 6.45) is 0. The van der Waals surface area contributed by atoms with Crippen molar-refractivity contribution in [2.24, 2.45) is 0 Å². The highest BCUT2D eigenvalue weighted by Gasteiger charge is 2.06. The molecule has 27 heavy (non-hydrogen) atoms. The van der Waals surface area contributed by atoms with Crippen molar-refractivity contribution < 1.29 is 0 Å². The van der Waals surface area contributed by atoms with E-state index in [4.69, 9.17) is 0 Å². The van der Waals surface area contributed by atoms with Crippen LogP contribution in [0.25, 0.3) is 32.7 Å². The molecule has 0 bridgehead atoms. The van der Waals surface area contributed by atoms with Crippen LogP contribution >= 0.6 is 0 Å². The van der Waals surface area contributed by atoms with E-state index in [9.17, 15) is 0 Å². The summed E-state index contributed by atoms with van der Waals surface area (Å²) >= 11 is 0. The van der Waals surface area contributed by atoms with Crippen LogP contribution in [0.2, 0.25) is 0 Å². The summed E-state index contributed by atoms with van der Waals surface area (Å²) in [4.78, 5) is 0. The second-order valence-electron chi connectivity index (χ2n) is 6.76. The van der Waals surface area contributed by atoms with Gasteiger partial charge in [0.1, 0.15) is 0 Å². The maximum atomic E-state index is 3.44. The first-order valence-corrected chi connectivity index (χ1v) is 9.21. The third kappa shape index (κ3) is 2.94. The van der Waals surface area contributed by atoms with E-state index in [-0.39, 0.29) is 0 Å². The standard InChI is InChI=1S/C26H19N/c1-2-8-21(9-3-1)27-22-16-13-20(14-17-22)24-11-6-12-25-23-10-5-4-7-19(23)15-18-26(24)25/h1-18,27H. The topological polar surface area (TPSA) is 12.0 Å². The number of anilines is 2. The first kappa shape index (κ1) is 15.7. The monoisotopic (exact) mass is 345 g/mol. The third-order valence-corrected chi connectivity index (χ3v) is 5.05. The van der Waals surface area contributed by atoms with Gasteiger partial charge in [-0.1, -0.05) is 84.9 Å². The summed E-state index contributed by atoms with van der Waals surface area (Å²) in [5.41, 5.74) is 4.69. The predicted octanol–water partition coefficient (Wildman–Crippen LogP) is 7.40. The molecule has 0 aliphatic carbocycles. The number of nitrogens with one attached hydrogen (secondary N) is 1. The minimum atomic E-state index is 1.09. The van der Waals surface area contributed by atoms with E-state index in [2.05, 4.69) is 96.3 Å². The zero-order valence-electron chi connectivity index (χ0n) is 14.9. The second kappa shape index (κ2) is 6.62. The van der Waals surface area contributed by atoms with Crippen LogP contribution in [0.1, 0.15) is 0 Å². The molecule has 0 fully saturated rings. The fraction of sp³-hybridized carbons (Fsp3) is 0. The number of para-hydroxylation sites is 1. The van der Waals surface area contributed by atoms with Gasteiger partial charge in [-0.25, -0.2) is 0 Å². The van der Waals surface area contributed by atoms with Crippen LogP contribution in [-0.2, 0) is 0 Å². The normalized spacial score (nSPS) is 11.0. The number of rotatable bonds is 3.